The van der Waals surface area contributed by atoms with Crippen molar-refractivity contribution in [3.8, 4) is 0 Å². The van der Waals surface area contributed by atoms with Gasteiger partial charge in [0, 0.05) is 5.92 Å². The van der Waals surface area contributed by atoms with Gasteiger partial charge in [-0.25, -0.2) is 0 Å². The van der Waals surface area contributed by atoms with Gasteiger partial charge in [0.15, 0.2) is 0 Å². The lowest BCUT2D eigenvalue weighted by Crippen LogP contribution is -2.57. The highest BCUT2D eigenvalue weighted by Crippen LogP contribution is 2.72. The van der Waals surface area contributed by atoms with Gasteiger partial charge in [-0.15, -0.1) is 0 Å². The molecule has 0 unspecified atom stereocenters. The maximum absolute atomic E-state index is 11.6. The molecule has 3 saturated carbocycles. The lowest BCUT2D eigenvalue weighted by molar-refractivity contribution is -0.128. The van der Waals surface area contributed by atoms with Crippen LogP contribution in [0.2, 0.25) is 0 Å². The molecule has 0 heterocycles. The van der Waals surface area contributed by atoms with Crippen LogP contribution in [0.5, 0.6) is 0 Å². The van der Waals surface area contributed by atoms with Crippen molar-refractivity contribution in [1.82, 2.24) is 0 Å². The Morgan fingerprint density at radius 1 is 1.11 bits per heavy atom. The van der Waals surface area contributed by atoms with Crippen LogP contribution in [-0.4, -0.2) is 17.0 Å². The van der Waals surface area contributed by atoms with Crippen molar-refractivity contribution in [3.05, 3.63) is 11.6 Å². The number of carbonyl (C=O) groups excluding carboxylic acids is 1. The average molecular weight is 373 g/mol. The minimum atomic E-state index is -0.472. The topological polar surface area (TPSA) is 37.3 Å². The highest BCUT2D eigenvalue weighted by molar-refractivity contribution is 5.54. The summed E-state index contributed by atoms with van der Waals surface area (Å²) in [5.74, 6) is 2.22. The molecule has 0 aromatic heterocycles. The summed E-state index contributed by atoms with van der Waals surface area (Å²) in [6.07, 6.45) is 13.9. The number of hydrogen-bond acceptors (Lipinski definition) is 2. The molecule has 152 valence electrons. The number of fused-ring (bicyclic) bond motifs is 5. The van der Waals surface area contributed by atoms with Gasteiger partial charge in [-0.3, -0.25) is 0 Å². The van der Waals surface area contributed by atoms with Crippen LogP contribution in [-0.2, 0) is 4.79 Å². The van der Waals surface area contributed by atoms with E-state index in [0.29, 0.717) is 16.7 Å². The number of aliphatic hydroxyl groups is 1. The molecule has 0 aromatic carbocycles. The first kappa shape index (κ1) is 19.7. The zero-order chi connectivity index (χ0) is 19.7. The summed E-state index contributed by atoms with van der Waals surface area (Å²) in [7, 11) is 0. The second-order valence-corrected chi connectivity index (χ2v) is 11.4. The Morgan fingerprint density at radius 3 is 2.52 bits per heavy atom. The fraction of sp³-hybridized carbons (Fsp3) is 0.880. The van der Waals surface area contributed by atoms with Crippen LogP contribution < -0.4 is 0 Å². The van der Waals surface area contributed by atoms with E-state index in [4.69, 9.17) is 0 Å². The first-order valence-electron chi connectivity index (χ1n) is 11.5. The first-order valence-corrected chi connectivity index (χ1v) is 11.5. The number of aldehydes is 1. The average Bonchev–Trinajstić information content (AvgIpc) is 3.00. The maximum Gasteiger partial charge on any atom is 0.123 e. The van der Waals surface area contributed by atoms with Crippen LogP contribution in [0.3, 0.4) is 0 Å². The molecule has 1 N–H and O–H groups in total. The van der Waals surface area contributed by atoms with E-state index >= 15 is 0 Å². The van der Waals surface area contributed by atoms with Crippen LogP contribution in [0.1, 0.15) is 92.4 Å². The van der Waals surface area contributed by atoms with E-state index in [-0.39, 0.29) is 11.3 Å². The molecule has 0 aromatic rings. The van der Waals surface area contributed by atoms with Crippen molar-refractivity contribution >= 4 is 6.29 Å². The molecule has 4 aliphatic carbocycles. The molecule has 0 spiro atoms. The third-order valence-electron chi connectivity index (χ3n) is 10.4. The monoisotopic (exact) mass is 372 g/mol. The Balaban J connectivity index is 1.69. The quantitative estimate of drug-likeness (QED) is 0.492. The number of allylic oxidation sites excluding steroid dienone is 1. The molecule has 0 amide bonds. The van der Waals surface area contributed by atoms with Crippen LogP contribution in [0.4, 0.5) is 0 Å². The summed E-state index contributed by atoms with van der Waals surface area (Å²) in [6, 6.07) is 0. The van der Waals surface area contributed by atoms with Gasteiger partial charge in [-0.2, -0.15) is 0 Å². The van der Waals surface area contributed by atoms with Crippen molar-refractivity contribution in [1.29, 1.82) is 0 Å². The fourth-order valence-corrected chi connectivity index (χ4v) is 8.67. The van der Waals surface area contributed by atoms with E-state index in [0.717, 1.165) is 37.5 Å². The van der Waals surface area contributed by atoms with Gasteiger partial charge in [0.25, 0.3) is 0 Å². The molecule has 8 atom stereocenters. The summed E-state index contributed by atoms with van der Waals surface area (Å²) in [5.41, 5.74) is 2.03. The molecule has 0 aliphatic heterocycles. The van der Waals surface area contributed by atoms with E-state index in [1.165, 1.54) is 38.4 Å². The molecule has 4 rings (SSSR count). The summed E-state index contributed by atoms with van der Waals surface area (Å²) in [6.45, 7) is 11.9. The SMILES string of the molecule is CC[C@]1(O)CC[C@@]2(C)C(=CC[C@@]3(C)[C@@H]4CC[C@H]([C@H](C)C=O)[C@@]4(C)CC[C@@H]32)C1. The molecule has 0 saturated heterocycles. The molecule has 4 aliphatic rings. The van der Waals surface area contributed by atoms with E-state index in [2.05, 4.69) is 40.7 Å². The molecule has 0 radical (unpaired) electrons. The van der Waals surface area contributed by atoms with Gasteiger partial charge >= 0.3 is 0 Å². The standard InChI is InChI=1S/C25H40O2/c1-6-25(27)14-13-22(3)18(15-25)9-11-24(5)20-8-7-19(17(2)16-26)23(20,4)12-10-21(22)24/h9,16-17,19-21,27H,6-8,10-15H2,1-5H3/t17-,19-,20-,21-,22+,23-,24+,25+/m1/s1. The number of rotatable bonds is 3. The maximum atomic E-state index is 11.6. The van der Waals surface area contributed by atoms with Crippen molar-refractivity contribution in [2.45, 2.75) is 98.0 Å². The Bertz CT molecular complexity index is 653. The highest BCUT2D eigenvalue weighted by Gasteiger charge is 2.64. The summed E-state index contributed by atoms with van der Waals surface area (Å²) in [4.78, 5) is 11.6. The van der Waals surface area contributed by atoms with Crippen molar-refractivity contribution in [2.75, 3.05) is 0 Å². The van der Waals surface area contributed by atoms with Crippen LogP contribution in [0.25, 0.3) is 0 Å². The van der Waals surface area contributed by atoms with E-state index in [1.807, 2.05) is 0 Å². The largest absolute Gasteiger partial charge is 0.390 e. The third kappa shape index (κ3) is 2.57. The predicted octanol–water partition coefficient (Wildman–Crippen LogP) is 5.93. The number of carbonyl (C=O) groups is 1. The molecule has 27 heavy (non-hydrogen) atoms. The zero-order valence-electron chi connectivity index (χ0n) is 18.2. The molecular formula is C25H40O2. The summed E-state index contributed by atoms with van der Waals surface area (Å²) >= 11 is 0. The van der Waals surface area contributed by atoms with Crippen LogP contribution in [0, 0.1) is 39.9 Å². The van der Waals surface area contributed by atoms with Gasteiger partial charge in [0.2, 0.25) is 0 Å². The van der Waals surface area contributed by atoms with Gasteiger partial charge in [-0.1, -0.05) is 46.3 Å². The third-order valence-corrected chi connectivity index (χ3v) is 10.4. The van der Waals surface area contributed by atoms with E-state index < -0.39 is 5.60 Å². The van der Waals surface area contributed by atoms with Gasteiger partial charge < -0.3 is 9.90 Å². The van der Waals surface area contributed by atoms with Crippen LogP contribution in [0.15, 0.2) is 11.6 Å². The second kappa shape index (κ2) is 6.18. The van der Waals surface area contributed by atoms with Gasteiger partial charge in [-0.05, 0) is 91.8 Å². The Hall–Kier alpha value is -0.630. The minimum Gasteiger partial charge on any atom is -0.390 e. The van der Waals surface area contributed by atoms with Crippen LogP contribution >= 0.6 is 0 Å². The lowest BCUT2D eigenvalue weighted by atomic mass is 9.41. The summed E-state index contributed by atoms with van der Waals surface area (Å²) in [5, 5.41) is 10.9. The molecule has 0 bridgehead atoms. The van der Waals surface area contributed by atoms with E-state index in [9.17, 15) is 9.90 Å². The lowest BCUT2D eigenvalue weighted by Gasteiger charge is -2.64. The first-order chi connectivity index (χ1) is 12.6. The molecule has 2 nitrogen and oxygen atoms in total. The van der Waals surface area contributed by atoms with Crippen molar-refractivity contribution in [3.63, 3.8) is 0 Å². The fourth-order valence-electron chi connectivity index (χ4n) is 8.67. The zero-order valence-corrected chi connectivity index (χ0v) is 18.2. The van der Waals surface area contributed by atoms with Gasteiger partial charge in [0.1, 0.15) is 6.29 Å². The molecule has 3 fully saturated rings. The number of hydrogen-bond donors (Lipinski definition) is 1. The Morgan fingerprint density at radius 2 is 1.85 bits per heavy atom. The predicted molar refractivity (Wildman–Crippen MR) is 110 cm³/mol. The smallest absolute Gasteiger partial charge is 0.123 e. The molecule has 2 heteroatoms. The molecular weight excluding hydrogens is 332 g/mol. The van der Waals surface area contributed by atoms with E-state index in [1.54, 1.807) is 5.57 Å². The normalized spacial score (nSPS) is 53.0. The van der Waals surface area contributed by atoms with Gasteiger partial charge in [0.05, 0.1) is 5.60 Å². The Kier molecular flexibility index (Phi) is 4.50. The highest BCUT2D eigenvalue weighted by atomic mass is 16.3. The van der Waals surface area contributed by atoms with Crippen molar-refractivity contribution < 1.29 is 9.90 Å². The summed E-state index contributed by atoms with van der Waals surface area (Å²) < 4.78 is 0. The van der Waals surface area contributed by atoms with Crippen molar-refractivity contribution in [2.24, 2.45) is 39.9 Å². The Labute approximate surface area is 166 Å². The second-order valence-electron chi connectivity index (χ2n) is 11.4. The minimum absolute atomic E-state index is 0.194.